The molecule has 0 radical (unpaired) electrons. The molecule has 2 aromatic heterocycles. The minimum Gasteiger partial charge on any atom is -0.484 e. The first-order chi connectivity index (χ1) is 17.5. The van der Waals surface area contributed by atoms with Crippen molar-refractivity contribution < 1.29 is 27.2 Å². The van der Waals surface area contributed by atoms with Crippen LogP contribution in [0.4, 0.5) is 13.2 Å². The van der Waals surface area contributed by atoms with Crippen LogP contribution < -0.4 is 4.74 Å². The number of ether oxygens (including phenoxy) is 1. The number of amides is 1. The zero-order valence-electron chi connectivity index (χ0n) is 20.5. The molecule has 4 aromatic rings. The number of carbonyl (C=O) groups is 1. The van der Waals surface area contributed by atoms with E-state index in [4.69, 9.17) is 9.26 Å². The Morgan fingerprint density at radius 1 is 1.19 bits per heavy atom. The SMILES string of the molecule is CC1c2ccc(OCC(F)(F)F)cc2C(C)(c2cnn(C)c2)CN1C(=O)c1cc(-c2ccccc2)on1. The van der Waals surface area contributed by atoms with Crippen LogP contribution in [0.25, 0.3) is 11.3 Å². The maximum absolute atomic E-state index is 13.7. The summed E-state index contributed by atoms with van der Waals surface area (Å²) in [7, 11) is 1.78. The van der Waals surface area contributed by atoms with E-state index in [0.29, 0.717) is 5.76 Å². The first-order valence-corrected chi connectivity index (χ1v) is 11.7. The van der Waals surface area contributed by atoms with Gasteiger partial charge in [-0.1, -0.05) is 41.6 Å². The van der Waals surface area contributed by atoms with Crippen molar-refractivity contribution in [3.05, 3.63) is 89.4 Å². The Morgan fingerprint density at radius 3 is 2.62 bits per heavy atom. The number of nitrogens with zero attached hydrogens (tertiary/aromatic N) is 4. The largest absolute Gasteiger partial charge is 0.484 e. The van der Waals surface area contributed by atoms with E-state index in [-0.39, 0.29) is 29.9 Å². The predicted molar refractivity (Wildman–Crippen MR) is 129 cm³/mol. The van der Waals surface area contributed by atoms with Gasteiger partial charge in [-0.2, -0.15) is 18.3 Å². The smallest absolute Gasteiger partial charge is 0.422 e. The van der Waals surface area contributed by atoms with Gasteiger partial charge in [-0.05, 0) is 37.1 Å². The van der Waals surface area contributed by atoms with Crippen LogP contribution in [0.15, 0.2) is 71.5 Å². The molecule has 3 heterocycles. The van der Waals surface area contributed by atoms with Crippen molar-refractivity contribution in [3.8, 4) is 17.1 Å². The molecule has 1 aliphatic heterocycles. The van der Waals surface area contributed by atoms with Crippen molar-refractivity contribution in [1.29, 1.82) is 0 Å². The van der Waals surface area contributed by atoms with Crippen LogP contribution in [0, 0.1) is 0 Å². The molecular weight excluding hydrogens is 485 g/mol. The molecule has 0 N–H and O–H groups in total. The maximum atomic E-state index is 13.7. The van der Waals surface area contributed by atoms with E-state index in [9.17, 15) is 18.0 Å². The van der Waals surface area contributed by atoms with Crippen LogP contribution >= 0.6 is 0 Å². The van der Waals surface area contributed by atoms with Gasteiger partial charge < -0.3 is 14.2 Å². The Bertz CT molecular complexity index is 1430. The van der Waals surface area contributed by atoms with Crippen LogP contribution in [-0.2, 0) is 12.5 Å². The third-order valence-electron chi connectivity index (χ3n) is 6.82. The summed E-state index contributed by atoms with van der Waals surface area (Å²) in [5.74, 6) is 0.286. The van der Waals surface area contributed by atoms with E-state index in [0.717, 1.165) is 22.3 Å². The molecule has 1 aliphatic rings. The summed E-state index contributed by atoms with van der Waals surface area (Å²) in [6.45, 7) is 2.70. The Kier molecular flexibility index (Phi) is 6.05. The lowest BCUT2D eigenvalue weighted by molar-refractivity contribution is -0.153. The van der Waals surface area contributed by atoms with Crippen molar-refractivity contribution in [2.45, 2.75) is 31.5 Å². The number of hydrogen-bond donors (Lipinski definition) is 0. The van der Waals surface area contributed by atoms with Gasteiger partial charge in [0.15, 0.2) is 18.1 Å². The lowest BCUT2D eigenvalue weighted by Crippen LogP contribution is -2.49. The molecule has 0 fully saturated rings. The quantitative estimate of drug-likeness (QED) is 0.353. The number of carbonyl (C=O) groups excluding carboxylic acids is 1. The van der Waals surface area contributed by atoms with Crippen LogP contribution in [0.2, 0.25) is 0 Å². The van der Waals surface area contributed by atoms with Gasteiger partial charge in [-0.15, -0.1) is 0 Å². The van der Waals surface area contributed by atoms with Crippen LogP contribution in [0.5, 0.6) is 5.75 Å². The van der Waals surface area contributed by atoms with Gasteiger partial charge >= 0.3 is 6.18 Å². The highest BCUT2D eigenvalue weighted by Crippen LogP contribution is 2.45. The van der Waals surface area contributed by atoms with E-state index in [1.54, 1.807) is 41.0 Å². The molecule has 2 aromatic carbocycles. The molecule has 2 atom stereocenters. The lowest BCUT2D eigenvalue weighted by Gasteiger charge is -2.45. The molecule has 0 saturated heterocycles. The number of aromatic nitrogens is 3. The minimum atomic E-state index is -4.45. The van der Waals surface area contributed by atoms with Gasteiger partial charge in [0, 0.05) is 42.4 Å². The third-order valence-corrected chi connectivity index (χ3v) is 6.82. The molecule has 37 heavy (non-hydrogen) atoms. The van der Waals surface area contributed by atoms with E-state index in [2.05, 4.69) is 10.3 Å². The molecule has 10 heteroatoms. The summed E-state index contributed by atoms with van der Waals surface area (Å²) in [4.78, 5) is 15.4. The summed E-state index contributed by atoms with van der Waals surface area (Å²) in [5.41, 5.74) is 2.61. The second-order valence-corrected chi connectivity index (χ2v) is 9.44. The highest BCUT2D eigenvalue weighted by Gasteiger charge is 2.44. The van der Waals surface area contributed by atoms with Gasteiger partial charge in [0.2, 0.25) is 0 Å². The standard InChI is InChI=1S/C27H25F3N4O3/c1-17-21-10-9-20(36-16-27(28,29)30)11-22(21)26(2,19-13-31-33(3)14-19)15-34(17)25(35)23-12-24(37-32-23)18-7-5-4-6-8-18/h4-14,17H,15-16H2,1-3H3. The molecule has 0 aliphatic carbocycles. The van der Waals surface area contributed by atoms with Crippen molar-refractivity contribution in [1.82, 2.24) is 19.8 Å². The van der Waals surface area contributed by atoms with Gasteiger partial charge in [-0.25, -0.2) is 0 Å². The fourth-order valence-electron chi connectivity index (χ4n) is 4.83. The van der Waals surface area contributed by atoms with Crippen molar-refractivity contribution in [2.24, 2.45) is 7.05 Å². The Hall–Kier alpha value is -4.08. The van der Waals surface area contributed by atoms with Crippen molar-refractivity contribution in [2.75, 3.05) is 13.2 Å². The fraction of sp³-hybridized carbons (Fsp3) is 0.296. The molecule has 0 bridgehead atoms. The summed E-state index contributed by atoms with van der Waals surface area (Å²) in [6, 6.07) is 15.5. The number of alkyl halides is 3. The molecule has 7 nitrogen and oxygen atoms in total. The van der Waals surface area contributed by atoms with Crippen molar-refractivity contribution in [3.63, 3.8) is 0 Å². The highest BCUT2D eigenvalue weighted by molar-refractivity contribution is 5.94. The Morgan fingerprint density at radius 2 is 1.95 bits per heavy atom. The average Bonchev–Trinajstić information content (AvgIpc) is 3.55. The third kappa shape index (κ3) is 4.71. The van der Waals surface area contributed by atoms with Crippen LogP contribution in [0.3, 0.4) is 0 Å². The number of fused-ring (bicyclic) bond motifs is 1. The van der Waals surface area contributed by atoms with E-state index in [1.807, 2.05) is 50.4 Å². The normalized spacial score (nSPS) is 19.5. The van der Waals surface area contributed by atoms with Gasteiger partial charge in [0.05, 0.1) is 12.2 Å². The molecule has 192 valence electrons. The van der Waals surface area contributed by atoms with Crippen molar-refractivity contribution >= 4 is 5.91 Å². The molecule has 1 amide bonds. The lowest BCUT2D eigenvalue weighted by atomic mass is 9.71. The molecule has 0 spiro atoms. The first-order valence-electron chi connectivity index (χ1n) is 11.7. The molecule has 5 rings (SSSR count). The van der Waals surface area contributed by atoms with Crippen LogP contribution in [0.1, 0.15) is 47.1 Å². The highest BCUT2D eigenvalue weighted by atomic mass is 19.4. The summed E-state index contributed by atoms with van der Waals surface area (Å²) >= 11 is 0. The van der Waals surface area contributed by atoms with Crippen LogP contribution in [-0.4, -0.2) is 45.1 Å². The number of hydrogen-bond acceptors (Lipinski definition) is 5. The van der Waals surface area contributed by atoms with Gasteiger partial charge in [-0.3, -0.25) is 9.48 Å². The Labute approximate surface area is 211 Å². The zero-order valence-corrected chi connectivity index (χ0v) is 20.5. The number of benzene rings is 2. The average molecular weight is 511 g/mol. The fourth-order valence-corrected chi connectivity index (χ4v) is 4.83. The predicted octanol–water partition coefficient (Wildman–Crippen LogP) is 5.54. The zero-order chi connectivity index (χ0) is 26.4. The maximum Gasteiger partial charge on any atom is 0.422 e. The number of rotatable bonds is 5. The van der Waals surface area contributed by atoms with E-state index < -0.39 is 18.2 Å². The summed E-state index contributed by atoms with van der Waals surface area (Å²) < 4.78 is 50.5. The first kappa shape index (κ1) is 24.6. The summed E-state index contributed by atoms with van der Waals surface area (Å²) in [6.07, 6.45) is -0.903. The minimum absolute atomic E-state index is 0.113. The second kappa shape index (κ2) is 9.10. The number of halogens is 3. The van der Waals surface area contributed by atoms with E-state index >= 15 is 0 Å². The Balaban J connectivity index is 1.53. The van der Waals surface area contributed by atoms with Gasteiger partial charge in [0.25, 0.3) is 5.91 Å². The van der Waals surface area contributed by atoms with Gasteiger partial charge in [0.1, 0.15) is 5.75 Å². The molecule has 0 saturated carbocycles. The molecule has 2 unspecified atom stereocenters. The second-order valence-electron chi connectivity index (χ2n) is 9.44. The monoisotopic (exact) mass is 510 g/mol. The topological polar surface area (TPSA) is 73.4 Å². The molecular formula is C27H25F3N4O3. The number of aryl methyl sites for hydroxylation is 1. The van der Waals surface area contributed by atoms with E-state index in [1.165, 1.54) is 6.07 Å². The summed E-state index contributed by atoms with van der Waals surface area (Å²) in [5, 5.41) is 8.33.